The van der Waals surface area contributed by atoms with E-state index in [4.69, 9.17) is 5.11 Å². The molecule has 0 saturated carbocycles. The van der Waals surface area contributed by atoms with Gasteiger partial charge in [-0.2, -0.15) is 0 Å². The normalized spacial score (nSPS) is 11.2. The molecule has 0 aliphatic heterocycles. The summed E-state index contributed by atoms with van der Waals surface area (Å²) in [4.78, 5) is 24.6. The lowest BCUT2D eigenvalue weighted by Crippen LogP contribution is -2.13. The number of nitrogens with zero attached hydrogens (tertiary/aromatic N) is 1. The minimum Gasteiger partial charge on any atom is -0.505 e. The minimum absolute atomic E-state index is 0.244. The number of carbonyl (C=O) groups excluding carboxylic acids is 1. The van der Waals surface area contributed by atoms with Crippen LogP contribution in [0.25, 0.3) is 10.9 Å². The van der Waals surface area contributed by atoms with Gasteiger partial charge in [0, 0.05) is 17.1 Å². The van der Waals surface area contributed by atoms with Gasteiger partial charge in [0.2, 0.25) is 0 Å². The maximum absolute atomic E-state index is 13.9. The summed E-state index contributed by atoms with van der Waals surface area (Å²) in [5.41, 5.74) is 1.05. The molecule has 130 valence electrons. The average Bonchev–Trinajstić information content (AvgIpc) is 3.12. The summed E-state index contributed by atoms with van der Waals surface area (Å²) in [6.07, 6.45) is 1.58. The summed E-state index contributed by atoms with van der Waals surface area (Å²) in [5, 5.41) is 19.1. The first-order valence-corrected chi connectivity index (χ1v) is 9.30. The van der Waals surface area contributed by atoms with Crippen LogP contribution < -0.4 is 0 Å². The Morgan fingerprint density at radius 3 is 2.64 bits per heavy atom. The molecular formula is C17H14FNO4S2. The molecule has 8 heteroatoms. The first-order valence-electron chi connectivity index (χ1n) is 7.26. The highest BCUT2D eigenvalue weighted by Gasteiger charge is 2.23. The first kappa shape index (κ1) is 17.5. The fourth-order valence-electron chi connectivity index (χ4n) is 2.78. The van der Waals surface area contributed by atoms with E-state index in [-0.39, 0.29) is 17.8 Å². The summed E-state index contributed by atoms with van der Waals surface area (Å²) in [6.45, 7) is 1.62. The van der Waals surface area contributed by atoms with Gasteiger partial charge >= 0.3 is 5.97 Å². The third-order valence-electron chi connectivity index (χ3n) is 3.93. The van der Waals surface area contributed by atoms with E-state index in [1.54, 1.807) is 13.0 Å². The Morgan fingerprint density at radius 1 is 1.32 bits per heavy atom. The van der Waals surface area contributed by atoms with Gasteiger partial charge in [0.25, 0.3) is 5.91 Å². The number of thiophene rings is 1. The lowest BCUT2D eigenvalue weighted by molar-refractivity contribution is -0.136. The Labute approximate surface area is 150 Å². The highest BCUT2D eigenvalue weighted by atomic mass is 32.2. The van der Waals surface area contributed by atoms with Gasteiger partial charge in [-0.05, 0) is 36.9 Å². The van der Waals surface area contributed by atoms with Crippen molar-refractivity contribution in [1.29, 1.82) is 0 Å². The predicted molar refractivity (Wildman–Crippen MR) is 95.5 cm³/mol. The summed E-state index contributed by atoms with van der Waals surface area (Å²) < 4.78 is 16.1. The maximum Gasteiger partial charge on any atom is 0.307 e. The number of aliphatic carboxylic acids is 1. The van der Waals surface area contributed by atoms with Crippen LogP contribution in [0.1, 0.15) is 20.9 Å². The summed E-state index contributed by atoms with van der Waals surface area (Å²) >= 11 is 2.83. The molecule has 0 spiro atoms. The zero-order valence-electron chi connectivity index (χ0n) is 13.4. The van der Waals surface area contributed by atoms with Crippen molar-refractivity contribution in [3.63, 3.8) is 0 Å². The van der Waals surface area contributed by atoms with Crippen molar-refractivity contribution in [1.82, 2.24) is 4.57 Å². The van der Waals surface area contributed by atoms with Crippen molar-refractivity contribution >= 4 is 45.9 Å². The molecule has 0 bridgehead atoms. The Morgan fingerprint density at radius 2 is 2.04 bits per heavy atom. The molecular weight excluding hydrogens is 365 g/mol. The van der Waals surface area contributed by atoms with E-state index in [1.165, 1.54) is 33.7 Å². The predicted octanol–water partition coefficient (Wildman–Crippen LogP) is 3.89. The number of aromatic nitrogens is 1. The monoisotopic (exact) mass is 379 g/mol. The molecule has 0 amide bonds. The SMILES string of the molecule is CSc1ccc(C(=O)n2c(C)c(CC(=O)O)c3cc(O)c(F)cc32)s1. The molecule has 2 N–H and O–H groups in total. The molecule has 0 fully saturated rings. The number of hydrogen-bond donors (Lipinski definition) is 2. The number of phenolic OH excluding ortho intramolecular Hbond substituents is 1. The number of hydrogen-bond acceptors (Lipinski definition) is 5. The first-order chi connectivity index (χ1) is 11.8. The van der Waals surface area contributed by atoms with E-state index >= 15 is 0 Å². The van der Waals surface area contributed by atoms with Crippen molar-refractivity contribution in [2.75, 3.05) is 6.26 Å². The topological polar surface area (TPSA) is 79.5 Å². The van der Waals surface area contributed by atoms with E-state index < -0.39 is 17.5 Å². The number of halogens is 1. The highest BCUT2D eigenvalue weighted by molar-refractivity contribution is 8.00. The molecule has 2 heterocycles. The van der Waals surface area contributed by atoms with Gasteiger partial charge < -0.3 is 10.2 Å². The van der Waals surface area contributed by atoms with E-state index in [9.17, 15) is 19.1 Å². The van der Waals surface area contributed by atoms with Gasteiger partial charge in [0.15, 0.2) is 11.6 Å². The van der Waals surface area contributed by atoms with Crippen LogP contribution >= 0.6 is 23.1 Å². The van der Waals surface area contributed by atoms with Crippen molar-refractivity contribution in [3.8, 4) is 5.75 Å². The van der Waals surface area contributed by atoms with E-state index in [1.807, 2.05) is 12.3 Å². The molecule has 0 unspecified atom stereocenters. The second-order valence-electron chi connectivity index (χ2n) is 5.42. The zero-order chi connectivity index (χ0) is 18.3. The minimum atomic E-state index is -1.07. The number of benzene rings is 1. The van der Waals surface area contributed by atoms with Crippen LogP contribution in [0.3, 0.4) is 0 Å². The highest BCUT2D eigenvalue weighted by Crippen LogP contribution is 2.33. The van der Waals surface area contributed by atoms with Gasteiger partial charge in [-0.3, -0.25) is 14.2 Å². The largest absolute Gasteiger partial charge is 0.505 e. The molecule has 25 heavy (non-hydrogen) atoms. The number of carbonyl (C=O) groups is 2. The number of aromatic hydroxyl groups is 1. The van der Waals surface area contributed by atoms with Gasteiger partial charge in [-0.25, -0.2) is 4.39 Å². The van der Waals surface area contributed by atoms with Crippen molar-refractivity contribution in [3.05, 3.63) is 46.2 Å². The quantitative estimate of drug-likeness (QED) is 0.672. The lowest BCUT2D eigenvalue weighted by atomic mass is 10.1. The molecule has 1 aromatic carbocycles. The van der Waals surface area contributed by atoms with Crippen LogP contribution in [0.15, 0.2) is 28.5 Å². The number of carboxylic acid groups (broad SMARTS) is 1. The van der Waals surface area contributed by atoms with Gasteiger partial charge in [-0.15, -0.1) is 23.1 Å². The molecule has 5 nitrogen and oxygen atoms in total. The molecule has 2 aromatic heterocycles. The Bertz CT molecular complexity index is 1010. The van der Waals surface area contributed by atoms with Crippen LogP contribution in [-0.4, -0.2) is 32.9 Å². The second-order valence-corrected chi connectivity index (χ2v) is 7.61. The number of fused-ring (bicyclic) bond motifs is 1. The van der Waals surface area contributed by atoms with Gasteiger partial charge in [0.05, 0.1) is 21.0 Å². The summed E-state index contributed by atoms with van der Waals surface area (Å²) in [5.74, 6) is -2.87. The Hall–Kier alpha value is -2.32. The molecule has 0 aliphatic carbocycles. The lowest BCUT2D eigenvalue weighted by Gasteiger charge is -2.06. The Balaban J connectivity index is 2.26. The average molecular weight is 379 g/mol. The van der Waals surface area contributed by atoms with E-state index in [0.717, 1.165) is 10.3 Å². The van der Waals surface area contributed by atoms with Crippen LogP contribution in [0.4, 0.5) is 4.39 Å². The van der Waals surface area contributed by atoms with Crippen LogP contribution in [-0.2, 0) is 11.2 Å². The standard InChI is InChI=1S/C17H14FNO4S2/c1-8-9(6-15(21)22)10-5-13(20)11(18)7-12(10)19(8)17(23)14-3-4-16(24-2)25-14/h3-5,7,20H,6H2,1-2H3,(H,21,22). The van der Waals surface area contributed by atoms with Crippen LogP contribution in [0.2, 0.25) is 0 Å². The molecule has 0 atom stereocenters. The third kappa shape index (κ3) is 3.03. The molecule has 0 radical (unpaired) electrons. The van der Waals surface area contributed by atoms with Crippen LogP contribution in [0.5, 0.6) is 5.75 Å². The number of phenols is 1. The molecule has 0 aliphatic rings. The smallest absolute Gasteiger partial charge is 0.307 e. The summed E-state index contributed by atoms with van der Waals surface area (Å²) in [7, 11) is 0. The fourth-order valence-corrected chi connectivity index (χ4v) is 4.25. The van der Waals surface area contributed by atoms with Crippen molar-refractivity contribution < 1.29 is 24.2 Å². The summed E-state index contributed by atoms with van der Waals surface area (Å²) in [6, 6.07) is 5.75. The molecule has 3 aromatic rings. The van der Waals surface area contributed by atoms with E-state index in [2.05, 4.69) is 0 Å². The molecule has 3 rings (SSSR count). The zero-order valence-corrected chi connectivity index (χ0v) is 15.0. The number of rotatable bonds is 4. The van der Waals surface area contributed by atoms with Crippen molar-refractivity contribution in [2.45, 2.75) is 17.6 Å². The number of carboxylic acids is 1. The van der Waals surface area contributed by atoms with E-state index in [0.29, 0.717) is 21.5 Å². The fraction of sp³-hybridized carbons (Fsp3) is 0.176. The third-order valence-corrected chi connectivity index (χ3v) is 6.08. The second kappa shape index (κ2) is 6.53. The van der Waals surface area contributed by atoms with Gasteiger partial charge in [-0.1, -0.05) is 0 Å². The number of thioether (sulfide) groups is 1. The van der Waals surface area contributed by atoms with Gasteiger partial charge in [0.1, 0.15) is 0 Å². The maximum atomic E-state index is 13.9. The van der Waals surface area contributed by atoms with Crippen LogP contribution in [0, 0.1) is 12.7 Å². The Kier molecular flexibility index (Phi) is 4.57. The van der Waals surface area contributed by atoms with Crippen molar-refractivity contribution in [2.24, 2.45) is 0 Å². The molecule has 0 saturated heterocycles.